The van der Waals surface area contributed by atoms with Crippen molar-refractivity contribution >= 4 is 15.9 Å². The van der Waals surface area contributed by atoms with Crippen LogP contribution in [-0.2, 0) is 14.8 Å². The first-order valence-corrected chi connectivity index (χ1v) is 6.41. The van der Waals surface area contributed by atoms with E-state index in [9.17, 15) is 13.2 Å². The van der Waals surface area contributed by atoms with Crippen LogP contribution in [0.3, 0.4) is 0 Å². The van der Waals surface area contributed by atoms with Crippen LogP contribution < -0.4 is 0 Å². The zero-order chi connectivity index (χ0) is 11.5. The number of aliphatic hydroxyl groups is 1. The number of aliphatic hydroxyl groups excluding tert-OH is 1. The highest BCUT2D eigenvalue weighted by molar-refractivity contribution is 7.89. The molecule has 15 heavy (non-hydrogen) atoms. The summed E-state index contributed by atoms with van der Waals surface area (Å²) in [5.41, 5.74) is 0. The Morgan fingerprint density at radius 3 is 2.67 bits per heavy atom. The summed E-state index contributed by atoms with van der Waals surface area (Å²) < 4.78 is 24.3. The van der Waals surface area contributed by atoms with E-state index in [0.29, 0.717) is 19.5 Å². The molecule has 1 saturated heterocycles. The quantitative estimate of drug-likeness (QED) is 0.645. The zero-order valence-corrected chi connectivity index (χ0v) is 9.53. The Bertz CT molecular complexity index is 328. The fourth-order valence-corrected chi connectivity index (χ4v) is 2.64. The van der Waals surface area contributed by atoms with E-state index >= 15 is 0 Å². The van der Waals surface area contributed by atoms with Gasteiger partial charge < -0.3 is 10.0 Å². The summed E-state index contributed by atoms with van der Waals surface area (Å²) in [6, 6.07) is 0. The second kappa shape index (κ2) is 4.91. The van der Waals surface area contributed by atoms with E-state index in [4.69, 9.17) is 5.11 Å². The molecular weight excluding hydrogens is 220 g/mol. The third-order valence-electron chi connectivity index (χ3n) is 2.38. The fraction of sp³-hybridized carbons (Fsp3) is 0.875. The van der Waals surface area contributed by atoms with E-state index in [1.54, 1.807) is 7.05 Å². The highest BCUT2D eigenvalue weighted by Gasteiger charge is 2.27. The van der Waals surface area contributed by atoms with Gasteiger partial charge in [0, 0.05) is 20.1 Å². The standard InChI is InChI=1S/C8H16N2O4S/c1-9-3-2-4-10(7-8(9)12)15(13,14)6-5-11/h11H,2-7H2,1H3. The van der Waals surface area contributed by atoms with Crippen LogP contribution in [0.5, 0.6) is 0 Å². The van der Waals surface area contributed by atoms with Gasteiger partial charge in [-0.25, -0.2) is 8.42 Å². The maximum Gasteiger partial charge on any atom is 0.237 e. The van der Waals surface area contributed by atoms with Gasteiger partial charge in [-0.1, -0.05) is 0 Å². The van der Waals surface area contributed by atoms with Gasteiger partial charge in [-0.05, 0) is 6.42 Å². The molecule has 7 heteroatoms. The van der Waals surface area contributed by atoms with Gasteiger partial charge in [0.15, 0.2) is 0 Å². The van der Waals surface area contributed by atoms with E-state index in [2.05, 4.69) is 0 Å². The number of carbonyl (C=O) groups is 1. The third kappa shape index (κ3) is 3.15. The Morgan fingerprint density at radius 2 is 2.07 bits per heavy atom. The maximum absolute atomic E-state index is 11.6. The molecule has 0 aromatic rings. The first kappa shape index (κ1) is 12.4. The van der Waals surface area contributed by atoms with Crippen molar-refractivity contribution in [3.05, 3.63) is 0 Å². The molecule has 1 amide bonds. The van der Waals surface area contributed by atoms with E-state index in [0.717, 1.165) is 4.31 Å². The largest absolute Gasteiger partial charge is 0.395 e. The second-order valence-corrected chi connectivity index (χ2v) is 5.63. The van der Waals surface area contributed by atoms with Crippen molar-refractivity contribution in [1.29, 1.82) is 0 Å². The van der Waals surface area contributed by atoms with Crippen molar-refractivity contribution in [3.8, 4) is 0 Å². The molecule has 1 rings (SSSR count). The lowest BCUT2D eigenvalue weighted by atomic mass is 10.4. The van der Waals surface area contributed by atoms with Gasteiger partial charge in [0.25, 0.3) is 0 Å². The molecule has 1 aliphatic heterocycles. The van der Waals surface area contributed by atoms with Crippen LogP contribution in [0.2, 0.25) is 0 Å². The minimum absolute atomic E-state index is 0.112. The van der Waals surface area contributed by atoms with Crippen molar-refractivity contribution < 1.29 is 18.3 Å². The number of carbonyl (C=O) groups excluding carboxylic acids is 1. The molecule has 0 spiro atoms. The van der Waals surface area contributed by atoms with E-state index < -0.39 is 16.6 Å². The molecule has 0 atom stereocenters. The normalized spacial score (nSPS) is 20.4. The number of amides is 1. The summed E-state index contributed by atoms with van der Waals surface area (Å²) in [4.78, 5) is 13.0. The average Bonchev–Trinajstić information content (AvgIpc) is 2.30. The van der Waals surface area contributed by atoms with Crippen LogP contribution in [-0.4, -0.2) is 67.7 Å². The summed E-state index contributed by atoms with van der Waals surface area (Å²) in [6.45, 7) is 0.393. The molecule has 6 nitrogen and oxygen atoms in total. The van der Waals surface area contributed by atoms with Crippen LogP contribution in [0.25, 0.3) is 0 Å². The van der Waals surface area contributed by atoms with Gasteiger partial charge in [-0.2, -0.15) is 4.31 Å². The Kier molecular flexibility index (Phi) is 4.06. The van der Waals surface area contributed by atoms with Crippen LogP contribution in [0, 0.1) is 0 Å². The average molecular weight is 236 g/mol. The molecule has 0 saturated carbocycles. The van der Waals surface area contributed by atoms with Gasteiger partial charge in [0.1, 0.15) is 0 Å². The van der Waals surface area contributed by atoms with Crippen LogP contribution >= 0.6 is 0 Å². The molecular formula is C8H16N2O4S. The molecule has 0 bridgehead atoms. The van der Waals surface area contributed by atoms with Crippen LogP contribution in [0.4, 0.5) is 0 Å². The minimum Gasteiger partial charge on any atom is -0.395 e. The highest BCUT2D eigenvalue weighted by atomic mass is 32.2. The molecule has 0 aliphatic carbocycles. The molecule has 0 aromatic carbocycles. The van der Waals surface area contributed by atoms with Gasteiger partial charge in [-0.15, -0.1) is 0 Å². The number of rotatable bonds is 3. The van der Waals surface area contributed by atoms with Gasteiger partial charge in [0.2, 0.25) is 15.9 Å². The van der Waals surface area contributed by atoms with Crippen molar-refractivity contribution in [3.63, 3.8) is 0 Å². The summed E-state index contributed by atoms with van der Waals surface area (Å²) >= 11 is 0. The topological polar surface area (TPSA) is 77.9 Å². The molecule has 1 heterocycles. The molecule has 1 fully saturated rings. The van der Waals surface area contributed by atoms with Crippen molar-refractivity contribution in [1.82, 2.24) is 9.21 Å². The van der Waals surface area contributed by atoms with Crippen molar-refractivity contribution in [2.75, 3.05) is 39.0 Å². The lowest BCUT2D eigenvalue weighted by Crippen LogP contribution is -2.39. The summed E-state index contributed by atoms with van der Waals surface area (Å²) in [5, 5.41) is 8.62. The molecule has 0 unspecified atom stereocenters. The molecule has 0 radical (unpaired) electrons. The smallest absolute Gasteiger partial charge is 0.237 e. The Balaban J connectivity index is 2.75. The predicted octanol–water partition coefficient (Wildman–Crippen LogP) is -1.53. The van der Waals surface area contributed by atoms with E-state index in [1.807, 2.05) is 0 Å². The number of sulfonamides is 1. The van der Waals surface area contributed by atoms with E-state index in [1.165, 1.54) is 4.90 Å². The maximum atomic E-state index is 11.6. The van der Waals surface area contributed by atoms with Crippen molar-refractivity contribution in [2.24, 2.45) is 0 Å². The summed E-state index contributed by atoms with van der Waals surface area (Å²) in [7, 11) is -1.82. The number of likely N-dealkylation sites (N-methyl/N-ethyl adjacent to an activating group) is 1. The van der Waals surface area contributed by atoms with E-state index in [-0.39, 0.29) is 18.2 Å². The first-order valence-electron chi connectivity index (χ1n) is 4.80. The van der Waals surface area contributed by atoms with Crippen LogP contribution in [0.1, 0.15) is 6.42 Å². The number of nitrogens with zero attached hydrogens (tertiary/aromatic N) is 2. The Morgan fingerprint density at radius 1 is 1.40 bits per heavy atom. The Hall–Kier alpha value is -0.660. The highest BCUT2D eigenvalue weighted by Crippen LogP contribution is 2.08. The fourth-order valence-electron chi connectivity index (χ4n) is 1.44. The van der Waals surface area contributed by atoms with Gasteiger partial charge in [-0.3, -0.25) is 4.79 Å². The number of hydrogen-bond donors (Lipinski definition) is 1. The predicted molar refractivity (Wildman–Crippen MR) is 54.7 cm³/mol. The first-order chi connectivity index (χ1) is 6.97. The third-order valence-corrected chi connectivity index (χ3v) is 4.18. The molecule has 88 valence electrons. The molecule has 1 N–H and O–H groups in total. The van der Waals surface area contributed by atoms with Gasteiger partial charge in [0.05, 0.1) is 18.9 Å². The lowest BCUT2D eigenvalue weighted by molar-refractivity contribution is -0.129. The SMILES string of the molecule is CN1CCCN(S(=O)(=O)CCO)CC1=O. The van der Waals surface area contributed by atoms with Crippen molar-refractivity contribution in [2.45, 2.75) is 6.42 Å². The lowest BCUT2D eigenvalue weighted by Gasteiger charge is -2.18. The zero-order valence-electron chi connectivity index (χ0n) is 8.72. The monoisotopic (exact) mass is 236 g/mol. The summed E-state index contributed by atoms with van der Waals surface area (Å²) in [5.74, 6) is -0.515. The summed E-state index contributed by atoms with van der Waals surface area (Å²) in [6.07, 6.45) is 0.632. The second-order valence-electron chi connectivity index (χ2n) is 3.54. The van der Waals surface area contributed by atoms with Gasteiger partial charge >= 0.3 is 0 Å². The van der Waals surface area contributed by atoms with Crippen LogP contribution in [0.15, 0.2) is 0 Å². The Labute approximate surface area is 89.5 Å². The number of hydrogen-bond acceptors (Lipinski definition) is 4. The minimum atomic E-state index is -3.48. The molecule has 1 aliphatic rings. The molecule has 0 aromatic heterocycles.